The number of aryl methyl sites for hydroxylation is 2. The molecule has 19 heteroatoms. The third-order valence-electron chi connectivity index (χ3n) is 14.4. The number of anilines is 3. The van der Waals surface area contributed by atoms with Gasteiger partial charge in [-0.25, -0.2) is 0 Å². The maximum atomic E-state index is 14.2. The number of carbonyl (C=O) groups is 3. The van der Waals surface area contributed by atoms with Gasteiger partial charge in [-0.05, 0) is 135 Å². The lowest BCUT2D eigenvalue weighted by Crippen LogP contribution is -2.39. The maximum Gasteiger partial charge on any atom is 0.276 e. The maximum absolute atomic E-state index is 14.2. The molecule has 0 bridgehead atoms. The van der Waals surface area contributed by atoms with Crippen LogP contribution in [0.3, 0.4) is 0 Å². The molecule has 4 aliphatic heterocycles. The lowest BCUT2D eigenvalue weighted by atomic mass is 9.98. The predicted octanol–water partition coefficient (Wildman–Crippen LogP) is 9.77. The van der Waals surface area contributed by atoms with E-state index in [1.807, 2.05) is 72.6 Å². The van der Waals surface area contributed by atoms with E-state index in [1.54, 1.807) is 34.9 Å². The zero-order valence-electron chi connectivity index (χ0n) is 45.1. The second kappa shape index (κ2) is 24.9. The van der Waals surface area contributed by atoms with Crippen molar-refractivity contribution >= 4 is 78.4 Å². The van der Waals surface area contributed by atoms with Crippen LogP contribution in [0.5, 0.6) is 17.2 Å². The second-order valence-corrected chi connectivity index (χ2v) is 25.4. The number of hydrogen-bond acceptors (Lipinski definition) is 14. The molecule has 0 aromatic heterocycles. The highest BCUT2D eigenvalue weighted by Gasteiger charge is 2.39. The molecular formula is C59H69N5O11S3. The molecule has 16 nitrogen and oxygen atoms in total. The molecule has 414 valence electrons. The Balaban J connectivity index is 0.998. The molecule has 0 radical (unpaired) electrons. The zero-order chi connectivity index (χ0) is 55.1. The minimum atomic E-state index is -4.60. The first-order chi connectivity index (χ1) is 37.5. The molecule has 4 heterocycles. The Bertz CT molecular complexity index is 3170. The molecule has 5 aromatic rings. The number of benzene rings is 5. The van der Waals surface area contributed by atoms with E-state index in [9.17, 15) is 27.4 Å². The Hall–Kier alpha value is -6.09. The highest BCUT2D eigenvalue weighted by Crippen LogP contribution is 2.43. The van der Waals surface area contributed by atoms with Crippen LogP contribution < -0.4 is 34.2 Å². The number of ether oxygens (including phenoxy) is 5. The molecule has 5 aromatic carbocycles. The highest BCUT2D eigenvalue weighted by atomic mass is 33.1. The molecule has 0 fully saturated rings. The van der Waals surface area contributed by atoms with Crippen LogP contribution >= 0.6 is 21.6 Å². The number of aliphatic imine (C=N–C) groups is 1. The average molecular weight is 1120 g/mol. The van der Waals surface area contributed by atoms with Gasteiger partial charge in [-0.2, -0.15) is 8.42 Å². The molecular weight excluding hydrogens is 1050 g/mol. The van der Waals surface area contributed by atoms with Gasteiger partial charge < -0.3 is 38.8 Å². The monoisotopic (exact) mass is 1120 g/mol. The molecule has 2 N–H and O–H groups in total. The number of methoxy groups -OCH3 is 1. The first kappa shape index (κ1) is 56.6. The number of nitrogens with one attached hydrogen (secondary N) is 1. The van der Waals surface area contributed by atoms with Crippen LogP contribution in [-0.2, 0) is 56.9 Å². The number of nitrogens with zero attached hydrogens (tertiary/aromatic N) is 4. The third-order valence-corrected chi connectivity index (χ3v) is 18.9. The number of rotatable bonds is 25. The number of carbonyl (C=O) groups excluding carboxylic acids is 3. The number of para-hydroxylation sites is 2. The summed E-state index contributed by atoms with van der Waals surface area (Å²) in [6.07, 6.45) is 5.77. The normalized spacial score (nSPS) is 16.8. The summed E-state index contributed by atoms with van der Waals surface area (Å²) in [7, 11) is 1.29. The van der Waals surface area contributed by atoms with Crippen molar-refractivity contribution < 1.29 is 51.0 Å². The second-order valence-electron chi connectivity index (χ2n) is 20.7. The van der Waals surface area contributed by atoms with Crippen molar-refractivity contribution in [3.63, 3.8) is 0 Å². The van der Waals surface area contributed by atoms with Crippen molar-refractivity contribution in [1.29, 1.82) is 0 Å². The van der Waals surface area contributed by atoms with Gasteiger partial charge in [-0.1, -0.05) is 64.9 Å². The van der Waals surface area contributed by atoms with Gasteiger partial charge >= 0.3 is 0 Å². The van der Waals surface area contributed by atoms with Crippen molar-refractivity contribution in [3.8, 4) is 17.2 Å². The first-order valence-corrected chi connectivity index (χ1v) is 30.4. The van der Waals surface area contributed by atoms with E-state index in [2.05, 4.69) is 55.3 Å². The van der Waals surface area contributed by atoms with Crippen LogP contribution in [-0.4, -0.2) is 118 Å². The van der Waals surface area contributed by atoms with E-state index < -0.39 is 26.0 Å². The summed E-state index contributed by atoms with van der Waals surface area (Å²) >= 11 is 0. The number of fused-ring (bicyclic) bond motifs is 8. The highest BCUT2D eigenvalue weighted by molar-refractivity contribution is 8.77. The first-order valence-electron chi connectivity index (χ1n) is 26.6. The van der Waals surface area contributed by atoms with Gasteiger partial charge in [-0.15, -0.1) is 0 Å². The quantitative estimate of drug-likeness (QED) is 0.0320. The van der Waals surface area contributed by atoms with Crippen LogP contribution in [0, 0.1) is 6.92 Å². The van der Waals surface area contributed by atoms with Crippen LogP contribution in [0.15, 0.2) is 96.0 Å². The summed E-state index contributed by atoms with van der Waals surface area (Å²) in [4.78, 5) is 51.7. The van der Waals surface area contributed by atoms with Crippen molar-refractivity contribution in [2.75, 3.05) is 74.1 Å². The van der Waals surface area contributed by atoms with E-state index in [-0.39, 0.29) is 43.5 Å². The standard InChI is InChI=1S/C59H69N5O11S3/c1-7-20-72-22-23-73-21-19-62(37-59(3,4)77-76-24-18-55(56(65)60-5)78(68,69)70)45-27-39(35-74-52-31-41-16-17-44-29-42-12-8-10-14-50(42)63(44)57(66)47(41)25-38(52)2)26-40(28-45)36-75-54-33-49-48(32-53(54)71-6)58(67)64-46(34-61-49)30-43-13-9-11-15-51(43)64/h8-15,25-28,31-34,44,46,55H,7,16-24,29-30,35-37H2,1-6H3,(H,60,65)(H,68,69,70)/t44-,46+,55?/m1/s1. The Morgan fingerprint density at radius 3 is 2.19 bits per heavy atom. The van der Waals surface area contributed by atoms with Gasteiger partial charge in [0.15, 0.2) is 16.7 Å². The molecule has 78 heavy (non-hydrogen) atoms. The lowest BCUT2D eigenvalue weighted by Gasteiger charge is -2.34. The molecule has 0 aliphatic carbocycles. The average Bonchev–Trinajstić information content (AvgIpc) is 3.93. The lowest BCUT2D eigenvalue weighted by molar-refractivity contribution is -0.120. The van der Waals surface area contributed by atoms with Crippen molar-refractivity contribution in [2.24, 2.45) is 4.99 Å². The van der Waals surface area contributed by atoms with Gasteiger partial charge in [-0.3, -0.25) is 28.8 Å². The van der Waals surface area contributed by atoms with E-state index in [1.165, 1.54) is 23.4 Å². The van der Waals surface area contributed by atoms with Crippen LogP contribution in [0.2, 0.25) is 0 Å². The summed E-state index contributed by atoms with van der Waals surface area (Å²) < 4.78 is 64.6. The Morgan fingerprint density at radius 2 is 1.50 bits per heavy atom. The Morgan fingerprint density at radius 1 is 0.833 bits per heavy atom. The van der Waals surface area contributed by atoms with E-state index in [0.29, 0.717) is 85.8 Å². The fourth-order valence-corrected chi connectivity index (χ4v) is 14.2. The third kappa shape index (κ3) is 13.0. The molecule has 0 saturated carbocycles. The van der Waals surface area contributed by atoms with Gasteiger partial charge in [0.05, 0.1) is 44.2 Å². The molecule has 9 rings (SSSR count). The fourth-order valence-electron chi connectivity index (χ4n) is 10.7. The summed E-state index contributed by atoms with van der Waals surface area (Å²) in [6.45, 7) is 11.5. The van der Waals surface area contributed by atoms with Gasteiger partial charge in [0.1, 0.15) is 19.0 Å². The number of hydrogen-bond donors (Lipinski definition) is 2. The smallest absolute Gasteiger partial charge is 0.276 e. The van der Waals surface area contributed by atoms with E-state index in [0.717, 1.165) is 70.6 Å². The van der Waals surface area contributed by atoms with Crippen LogP contribution in [0.25, 0.3) is 0 Å². The molecule has 1 unspecified atom stereocenters. The van der Waals surface area contributed by atoms with Crippen molar-refractivity contribution in [1.82, 2.24) is 5.32 Å². The zero-order valence-corrected chi connectivity index (χ0v) is 47.6. The van der Waals surface area contributed by atoms with E-state index >= 15 is 0 Å². The predicted molar refractivity (Wildman–Crippen MR) is 310 cm³/mol. The minimum absolute atomic E-state index is 0.0170. The summed E-state index contributed by atoms with van der Waals surface area (Å²) in [5.41, 5.74) is 10.1. The Labute approximate surface area is 465 Å². The largest absolute Gasteiger partial charge is 0.493 e. The molecule has 3 atom stereocenters. The topological polar surface area (TPSA) is 186 Å². The van der Waals surface area contributed by atoms with Crippen LogP contribution in [0.4, 0.5) is 22.7 Å². The molecule has 0 spiro atoms. The summed E-state index contributed by atoms with van der Waals surface area (Å²) in [5.74, 6) is 0.896. The molecule has 3 amide bonds. The van der Waals surface area contributed by atoms with Crippen LogP contribution in [0.1, 0.15) is 94.1 Å². The number of amides is 3. The Kier molecular flexibility index (Phi) is 18.1. The summed E-state index contributed by atoms with van der Waals surface area (Å²) in [5, 5.41) is 0.773. The van der Waals surface area contributed by atoms with Crippen molar-refractivity contribution in [2.45, 2.75) is 102 Å². The van der Waals surface area contributed by atoms with E-state index in [4.69, 9.17) is 28.7 Å². The van der Waals surface area contributed by atoms with Crippen molar-refractivity contribution in [3.05, 3.63) is 136 Å². The fraction of sp³-hybridized carbons (Fsp3) is 0.424. The van der Waals surface area contributed by atoms with Gasteiger partial charge in [0, 0.05) is 84.6 Å². The van der Waals surface area contributed by atoms with Gasteiger partial charge in [0.2, 0.25) is 5.91 Å². The SMILES string of the molecule is CCCOCCOCCN(CC(C)(C)SSCCC(C(=O)NC)S(=O)(=O)O)c1cc(COc2cc3c(cc2C)C(=O)N2c4ccccc4C[C@H]2CC3)cc(COc2cc3c(cc2OC)C(=O)N2c4ccccc4C[C@H]2C=N3)c1. The molecule has 0 saturated heterocycles. The molecule has 4 aliphatic rings. The van der Waals surface area contributed by atoms with Gasteiger partial charge in [0.25, 0.3) is 21.9 Å². The summed E-state index contributed by atoms with van der Waals surface area (Å²) in [6, 6.07) is 29.7. The minimum Gasteiger partial charge on any atom is -0.493 e.